The standard InChI is InChI=1S/C26H48N10O12/c1-10(20(42)36-19(13(4)40)25(47)48)31-21(43)14(6-5-7-30-26(28)29)32-24(46)18(12(3)39)35-22(44)15(9-37)33-23(45)17(11(2)38)34-16(41)8-27/h10-15,17-19,37-40H,5-9,27H2,1-4H3,(H,31,43)(H,32,46)(H,33,45)(H,34,41)(H,35,44)(H,36,42)(H,47,48)(H4,28,29,30)/t10-,11+,12+,13+,14-,15-,17-,18-,19-/m0/s1. The van der Waals surface area contributed by atoms with Crippen molar-refractivity contribution in [3.05, 3.63) is 0 Å². The first-order valence-electron chi connectivity index (χ1n) is 14.7. The van der Waals surface area contributed by atoms with Gasteiger partial charge < -0.3 is 74.6 Å². The van der Waals surface area contributed by atoms with Gasteiger partial charge in [0.15, 0.2) is 12.0 Å². The van der Waals surface area contributed by atoms with Gasteiger partial charge in [-0.15, -0.1) is 0 Å². The zero-order valence-corrected chi connectivity index (χ0v) is 27.0. The fourth-order valence-electron chi connectivity index (χ4n) is 3.83. The number of carboxylic acids is 1. The Morgan fingerprint density at radius 1 is 0.646 bits per heavy atom. The molecule has 22 nitrogen and oxygen atoms in total. The lowest BCUT2D eigenvalue weighted by Gasteiger charge is -2.28. The summed E-state index contributed by atoms with van der Waals surface area (Å²) < 4.78 is 0. The molecule has 22 heteroatoms. The van der Waals surface area contributed by atoms with E-state index < -0.39 is 109 Å². The van der Waals surface area contributed by atoms with E-state index in [4.69, 9.17) is 17.2 Å². The van der Waals surface area contributed by atoms with E-state index in [1.165, 1.54) is 13.8 Å². The van der Waals surface area contributed by atoms with Crippen LogP contribution in [0.2, 0.25) is 0 Å². The van der Waals surface area contributed by atoms with E-state index in [-0.39, 0.29) is 25.3 Å². The molecule has 0 saturated heterocycles. The lowest BCUT2D eigenvalue weighted by Crippen LogP contribution is -2.62. The second-order valence-electron chi connectivity index (χ2n) is 10.8. The van der Waals surface area contributed by atoms with Crippen molar-refractivity contribution in [2.45, 2.75) is 95.1 Å². The summed E-state index contributed by atoms with van der Waals surface area (Å²) in [6, 6.07) is -9.56. The minimum atomic E-state index is -1.77. The van der Waals surface area contributed by atoms with Gasteiger partial charge in [-0.1, -0.05) is 0 Å². The summed E-state index contributed by atoms with van der Waals surface area (Å²) in [5, 5.41) is 61.8. The zero-order valence-electron chi connectivity index (χ0n) is 27.0. The molecule has 0 aliphatic heterocycles. The maximum Gasteiger partial charge on any atom is 0.328 e. The van der Waals surface area contributed by atoms with Gasteiger partial charge in [0.2, 0.25) is 35.4 Å². The Morgan fingerprint density at radius 3 is 1.54 bits per heavy atom. The molecule has 274 valence electrons. The van der Waals surface area contributed by atoms with Crippen molar-refractivity contribution >= 4 is 47.4 Å². The highest BCUT2D eigenvalue weighted by Crippen LogP contribution is 2.04. The molecule has 0 bridgehead atoms. The maximum absolute atomic E-state index is 13.2. The van der Waals surface area contributed by atoms with Crippen molar-refractivity contribution in [3.8, 4) is 0 Å². The molecular weight excluding hydrogens is 644 g/mol. The minimum absolute atomic E-state index is 0.0142. The molecular formula is C26H48N10O12. The number of aliphatic hydroxyl groups is 4. The number of carboxylic acid groups (broad SMARTS) is 1. The van der Waals surface area contributed by atoms with Gasteiger partial charge >= 0.3 is 5.97 Å². The highest BCUT2D eigenvalue weighted by atomic mass is 16.4. The lowest BCUT2D eigenvalue weighted by atomic mass is 10.1. The summed E-state index contributed by atoms with van der Waals surface area (Å²) >= 11 is 0. The van der Waals surface area contributed by atoms with Crippen LogP contribution >= 0.6 is 0 Å². The zero-order chi connectivity index (χ0) is 37.3. The number of aliphatic imine (C=N–C) groups is 1. The number of aliphatic carboxylic acids is 1. The van der Waals surface area contributed by atoms with Crippen LogP contribution in [0.1, 0.15) is 40.5 Å². The number of rotatable bonds is 21. The first-order chi connectivity index (χ1) is 22.3. The third-order valence-electron chi connectivity index (χ3n) is 6.52. The average molecular weight is 693 g/mol. The summed E-state index contributed by atoms with van der Waals surface area (Å²) in [4.78, 5) is 91.1. The second kappa shape index (κ2) is 21.3. The Balaban J connectivity index is 5.89. The van der Waals surface area contributed by atoms with Crippen LogP contribution in [0.3, 0.4) is 0 Å². The molecule has 9 atom stereocenters. The highest BCUT2D eigenvalue weighted by molar-refractivity contribution is 5.97. The predicted octanol–water partition coefficient (Wildman–Crippen LogP) is -7.85. The van der Waals surface area contributed by atoms with Crippen molar-refractivity contribution in [1.82, 2.24) is 31.9 Å². The van der Waals surface area contributed by atoms with E-state index in [1.807, 2.05) is 0 Å². The molecule has 0 heterocycles. The molecule has 0 aromatic rings. The number of carbonyl (C=O) groups is 7. The summed E-state index contributed by atoms with van der Waals surface area (Å²) in [5.74, 6) is -7.88. The third-order valence-corrected chi connectivity index (χ3v) is 6.52. The number of nitrogens with one attached hydrogen (secondary N) is 6. The molecule has 0 unspecified atom stereocenters. The van der Waals surface area contributed by atoms with Crippen LogP contribution in [0.4, 0.5) is 0 Å². The molecule has 0 fully saturated rings. The highest BCUT2D eigenvalue weighted by Gasteiger charge is 2.35. The molecule has 0 spiro atoms. The van der Waals surface area contributed by atoms with Crippen LogP contribution in [-0.2, 0) is 33.6 Å². The summed E-state index contributed by atoms with van der Waals surface area (Å²) in [6.07, 6.45) is -4.56. The third kappa shape index (κ3) is 15.3. The largest absolute Gasteiger partial charge is 0.480 e. The van der Waals surface area contributed by atoms with Crippen molar-refractivity contribution in [3.63, 3.8) is 0 Å². The molecule has 0 aromatic carbocycles. The van der Waals surface area contributed by atoms with Gasteiger partial charge in [-0.05, 0) is 40.5 Å². The van der Waals surface area contributed by atoms with Crippen molar-refractivity contribution in [1.29, 1.82) is 0 Å². The van der Waals surface area contributed by atoms with E-state index in [1.54, 1.807) is 0 Å². The average Bonchev–Trinajstić information content (AvgIpc) is 2.99. The Morgan fingerprint density at radius 2 is 1.10 bits per heavy atom. The molecule has 0 aromatic heterocycles. The van der Waals surface area contributed by atoms with E-state index in [9.17, 15) is 59.1 Å². The Bertz CT molecular complexity index is 1160. The molecule has 0 saturated carbocycles. The van der Waals surface area contributed by atoms with Gasteiger partial charge in [0, 0.05) is 6.54 Å². The van der Waals surface area contributed by atoms with Gasteiger partial charge in [0.25, 0.3) is 0 Å². The molecule has 48 heavy (non-hydrogen) atoms. The molecule has 6 amide bonds. The molecule has 0 aliphatic carbocycles. The van der Waals surface area contributed by atoms with Crippen LogP contribution in [0.25, 0.3) is 0 Å². The van der Waals surface area contributed by atoms with Crippen molar-refractivity contribution in [2.24, 2.45) is 22.2 Å². The number of hydrogen-bond donors (Lipinski definition) is 14. The number of nitrogens with two attached hydrogens (primary N) is 3. The van der Waals surface area contributed by atoms with Crippen LogP contribution in [0.15, 0.2) is 4.99 Å². The number of amides is 6. The topological polar surface area (TPSA) is 383 Å². The number of carbonyl (C=O) groups excluding carboxylic acids is 6. The van der Waals surface area contributed by atoms with Crippen LogP contribution in [0, 0.1) is 0 Å². The Kier molecular flexibility index (Phi) is 19.2. The second-order valence-corrected chi connectivity index (χ2v) is 10.8. The maximum atomic E-state index is 13.2. The van der Waals surface area contributed by atoms with E-state index in [0.29, 0.717) is 0 Å². The first-order valence-corrected chi connectivity index (χ1v) is 14.7. The van der Waals surface area contributed by atoms with Gasteiger partial charge in [-0.3, -0.25) is 33.8 Å². The number of aliphatic hydroxyl groups excluding tert-OH is 4. The van der Waals surface area contributed by atoms with E-state index >= 15 is 0 Å². The van der Waals surface area contributed by atoms with E-state index in [2.05, 4.69) is 36.9 Å². The van der Waals surface area contributed by atoms with Crippen LogP contribution in [-0.4, -0.2) is 147 Å². The van der Waals surface area contributed by atoms with Crippen LogP contribution < -0.4 is 49.1 Å². The summed E-state index contributed by atoms with van der Waals surface area (Å²) in [7, 11) is 0. The number of nitrogens with zero attached hydrogens (tertiary/aromatic N) is 1. The van der Waals surface area contributed by atoms with Crippen molar-refractivity contribution in [2.75, 3.05) is 19.7 Å². The summed E-state index contributed by atoms with van der Waals surface area (Å²) in [5.41, 5.74) is 15.8. The molecule has 0 rings (SSSR count). The van der Waals surface area contributed by atoms with Crippen LogP contribution in [0.5, 0.6) is 0 Å². The SMILES string of the molecule is C[C@H](NC(=O)[C@H](CCCN=C(N)N)NC(=O)[C@@H](NC(=O)[C@H](CO)NC(=O)[C@@H](NC(=O)CN)[C@@H](C)O)[C@@H](C)O)C(=O)N[C@H](C(=O)O)[C@@H](C)O. The predicted molar refractivity (Wildman–Crippen MR) is 166 cm³/mol. The van der Waals surface area contributed by atoms with Gasteiger partial charge in [0.05, 0.1) is 31.5 Å². The monoisotopic (exact) mass is 692 g/mol. The molecule has 0 aliphatic rings. The summed E-state index contributed by atoms with van der Waals surface area (Å²) in [6.45, 7) is 3.11. The molecule has 0 radical (unpaired) electrons. The fourth-order valence-corrected chi connectivity index (χ4v) is 3.83. The Labute approximate surface area is 275 Å². The first kappa shape index (κ1) is 43.4. The minimum Gasteiger partial charge on any atom is -0.480 e. The Hall–Kier alpha value is -4.64. The lowest BCUT2D eigenvalue weighted by molar-refractivity contribution is -0.145. The van der Waals surface area contributed by atoms with E-state index in [0.717, 1.165) is 13.8 Å². The van der Waals surface area contributed by atoms with Gasteiger partial charge in [-0.25, -0.2) is 4.79 Å². The number of hydrogen-bond acceptors (Lipinski definition) is 13. The van der Waals surface area contributed by atoms with Gasteiger partial charge in [-0.2, -0.15) is 0 Å². The normalized spacial score (nSPS) is 16.5. The molecule has 17 N–H and O–H groups in total. The van der Waals surface area contributed by atoms with Crippen molar-refractivity contribution < 1.29 is 59.1 Å². The number of guanidine groups is 1. The smallest absolute Gasteiger partial charge is 0.328 e. The van der Waals surface area contributed by atoms with Gasteiger partial charge in [0.1, 0.15) is 30.2 Å². The fraction of sp³-hybridized carbons (Fsp3) is 0.692. The quantitative estimate of drug-likeness (QED) is 0.0302.